The van der Waals surface area contributed by atoms with Gasteiger partial charge >= 0.3 is 11.9 Å². The highest BCUT2D eigenvalue weighted by molar-refractivity contribution is 5.75. The van der Waals surface area contributed by atoms with Gasteiger partial charge in [-0.15, -0.1) is 0 Å². The molecule has 1 saturated carbocycles. The van der Waals surface area contributed by atoms with E-state index in [0.29, 0.717) is 12.8 Å². The first-order valence-corrected chi connectivity index (χ1v) is 13.9. The minimum Gasteiger partial charge on any atom is -0.481 e. The van der Waals surface area contributed by atoms with Crippen molar-refractivity contribution < 1.29 is 19.4 Å². The van der Waals surface area contributed by atoms with Crippen LogP contribution in [0.3, 0.4) is 0 Å². The maximum Gasteiger partial charge on any atom is 0.309 e. The number of carboxylic acids is 1. The molecule has 0 spiro atoms. The van der Waals surface area contributed by atoms with Gasteiger partial charge in [0.2, 0.25) is 0 Å². The second kappa shape index (κ2) is 18.4. The van der Waals surface area contributed by atoms with Crippen molar-refractivity contribution in [3.63, 3.8) is 0 Å². The smallest absolute Gasteiger partial charge is 0.309 e. The van der Waals surface area contributed by atoms with E-state index in [0.717, 1.165) is 44.4 Å². The van der Waals surface area contributed by atoms with Crippen molar-refractivity contribution in [2.75, 3.05) is 0 Å². The molecule has 0 aliphatic heterocycles. The van der Waals surface area contributed by atoms with Crippen LogP contribution >= 0.6 is 0 Å². The molecule has 1 rings (SSSR count). The van der Waals surface area contributed by atoms with Crippen LogP contribution in [0.25, 0.3) is 0 Å². The van der Waals surface area contributed by atoms with Crippen LogP contribution in [0.2, 0.25) is 0 Å². The monoisotopic (exact) mass is 452 g/mol. The number of esters is 1. The maximum absolute atomic E-state index is 12.8. The second-order valence-corrected chi connectivity index (χ2v) is 10.6. The van der Waals surface area contributed by atoms with E-state index in [1.165, 1.54) is 70.6 Å². The summed E-state index contributed by atoms with van der Waals surface area (Å²) in [6.07, 6.45) is 21.1. The van der Waals surface area contributed by atoms with Crippen molar-refractivity contribution in [1.29, 1.82) is 0 Å². The molecule has 188 valence electrons. The number of unbranched alkanes of at least 4 members (excludes halogenated alkanes) is 10. The highest BCUT2D eigenvalue weighted by atomic mass is 16.5. The third-order valence-corrected chi connectivity index (χ3v) is 7.08. The van der Waals surface area contributed by atoms with Gasteiger partial charge in [0.25, 0.3) is 0 Å². The molecule has 1 aliphatic carbocycles. The van der Waals surface area contributed by atoms with E-state index in [2.05, 4.69) is 20.8 Å². The lowest BCUT2D eigenvalue weighted by molar-refractivity contribution is -0.158. The van der Waals surface area contributed by atoms with E-state index >= 15 is 0 Å². The Balaban J connectivity index is 2.38. The molecule has 0 aromatic rings. The molecule has 0 heterocycles. The Morgan fingerprint density at radius 3 is 1.81 bits per heavy atom. The molecule has 0 amide bonds. The number of hydrogen-bond donors (Lipinski definition) is 1. The van der Waals surface area contributed by atoms with Crippen LogP contribution < -0.4 is 0 Å². The number of ether oxygens (including phenoxy) is 1. The summed E-state index contributed by atoms with van der Waals surface area (Å²) in [6.45, 7) is 6.82. The van der Waals surface area contributed by atoms with Crippen LogP contribution in [0.5, 0.6) is 0 Å². The molecule has 3 atom stereocenters. The average molecular weight is 453 g/mol. The molecule has 0 aromatic heterocycles. The van der Waals surface area contributed by atoms with E-state index in [1.54, 1.807) is 0 Å². The van der Waals surface area contributed by atoms with Crippen LogP contribution in [0.4, 0.5) is 0 Å². The third kappa shape index (κ3) is 14.2. The van der Waals surface area contributed by atoms with Gasteiger partial charge in [0.15, 0.2) is 0 Å². The Bertz CT molecular complexity index is 488. The first-order valence-electron chi connectivity index (χ1n) is 13.9. The van der Waals surface area contributed by atoms with Gasteiger partial charge in [0.1, 0.15) is 6.10 Å². The van der Waals surface area contributed by atoms with Gasteiger partial charge in [-0.25, -0.2) is 0 Å². The molecule has 1 N–H and O–H groups in total. The van der Waals surface area contributed by atoms with Crippen molar-refractivity contribution in [2.45, 2.75) is 149 Å². The predicted octanol–water partition coefficient (Wildman–Crippen LogP) is 8.32. The third-order valence-electron chi connectivity index (χ3n) is 7.08. The molecule has 1 fully saturated rings. The van der Waals surface area contributed by atoms with Crippen molar-refractivity contribution >= 4 is 11.9 Å². The van der Waals surface area contributed by atoms with Crippen LogP contribution in [-0.2, 0) is 14.3 Å². The molecule has 3 unspecified atom stereocenters. The Morgan fingerprint density at radius 1 is 0.781 bits per heavy atom. The maximum atomic E-state index is 12.8. The number of carbonyl (C=O) groups is 2. The minimum absolute atomic E-state index is 0.0130. The van der Waals surface area contributed by atoms with E-state index in [4.69, 9.17) is 4.74 Å². The van der Waals surface area contributed by atoms with Crippen LogP contribution in [0, 0.1) is 17.8 Å². The van der Waals surface area contributed by atoms with Gasteiger partial charge in [0.05, 0.1) is 11.8 Å². The summed E-state index contributed by atoms with van der Waals surface area (Å²) in [6, 6.07) is 0. The van der Waals surface area contributed by atoms with Crippen LogP contribution in [0.1, 0.15) is 143 Å². The summed E-state index contributed by atoms with van der Waals surface area (Å²) < 4.78 is 5.99. The van der Waals surface area contributed by atoms with Crippen LogP contribution in [0.15, 0.2) is 0 Å². The molecule has 0 saturated heterocycles. The van der Waals surface area contributed by atoms with Gasteiger partial charge < -0.3 is 9.84 Å². The molecule has 1 aliphatic rings. The zero-order valence-electron chi connectivity index (χ0n) is 21.4. The molecular formula is C28H52O4. The molecule has 4 heteroatoms. The average Bonchev–Trinajstić information content (AvgIpc) is 2.77. The summed E-state index contributed by atoms with van der Waals surface area (Å²) in [4.78, 5) is 24.2. The van der Waals surface area contributed by atoms with E-state index in [1.807, 2.05) is 0 Å². The Morgan fingerprint density at radius 2 is 1.28 bits per heavy atom. The predicted molar refractivity (Wildman–Crippen MR) is 133 cm³/mol. The van der Waals surface area contributed by atoms with E-state index < -0.39 is 5.97 Å². The Kier molecular flexibility index (Phi) is 16.6. The summed E-state index contributed by atoms with van der Waals surface area (Å²) in [5.74, 6) is -0.715. The fourth-order valence-electron chi connectivity index (χ4n) is 4.93. The summed E-state index contributed by atoms with van der Waals surface area (Å²) in [5, 5.41) is 9.32. The van der Waals surface area contributed by atoms with Crippen LogP contribution in [-0.4, -0.2) is 23.1 Å². The largest absolute Gasteiger partial charge is 0.481 e. The molecular weight excluding hydrogens is 400 g/mol. The number of rotatable bonds is 19. The van der Waals surface area contributed by atoms with Crippen molar-refractivity contribution in [3.05, 3.63) is 0 Å². The topological polar surface area (TPSA) is 63.6 Å². The summed E-state index contributed by atoms with van der Waals surface area (Å²) >= 11 is 0. The van der Waals surface area contributed by atoms with Gasteiger partial charge in [0, 0.05) is 0 Å². The van der Waals surface area contributed by atoms with Gasteiger partial charge in [-0.2, -0.15) is 0 Å². The molecule has 0 aromatic carbocycles. The number of aliphatic carboxylic acids is 1. The van der Waals surface area contributed by atoms with Gasteiger partial charge in [-0.05, 0) is 50.9 Å². The lowest BCUT2D eigenvalue weighted by Crippen LogP contribution is -2.31. The van der Waals surface area contributed by atoms with Gasteiger partial charge in [-0.3, -0.25) is 9.59 Å². The second-order valence-electron chi connectivity index (χ2n) is 10.6. The fraction of sp³-hybridized carbons (Fsp3) is 0.929. The summed E-state index contributed by atoms with van der Waals surface area (Å²) in [5.41, 5.74) is 0. The highest BCUT2D eigenvalue weighted by Crippen LogP contribution is 2.31. The van der Waals surface area contributed by atoms with E-state index in [-0.39, 0.29) is 23.9 Å². The van der Waals surface area contributed by atoms with Crippen molar-refractivity contribution in [3.8, 4) is 0 Å². The standard InChI is InChI=1S/C28H52O4/c1-4-5-6-7-8-11-14-20-26(21-15-12-9-10-13-17-23(2)3)32-28(31)25-19-16-18-24(22-25)27(29)30/h23-26H,4-22H2,1-3H3,(H,29,30). The zero-order chi connectivity index (χ0) is 23.6. The minimum atomic E-state index is -0.764. The Labute approximate surface area is 198 Å². The number of carboxylic acid groups (broad SMARTS) is 1. The van der Waals surface area contributed by atoms with Crippen molar-refractivity contribution in [1.82, 2.24) is 0 Å². The Hall–Kier alpha value is -1.06. The molecule has 0 bridgehead atoms. The van der Waals surface area contributed by atoms with E-state index in [9.17, 15) is 14.7 Å². The zero-order valence-corrected chi connectivity index (χ0v) is 21.4. The van der Waals surface area contributed by atoms with Gasteiger partial charge in [-0.1, -0.05) is 97.8 Å². The number of carbonyl (C=O) groups excluding carboxylic acids is 1. The lowest BCUT2D eigenvalue weighted by atomic mass is 9.81. The first-order chi connectivity index (χ1) is 15.4. The first kappa shape index (κ1) is 29.0. The molecule has 32 heavy (non-hydrogen) atoms. The highest BCUT2D eigenvalue weighted by Gasteiger charge is 2.32. The molecule has 0 radical (unpaired) electrons. The normalized spacial score (nSPS) is 19.8. The summed E-state index contributed by atoms with van der Waals surface area (Å²) in [7, 11) is 0. The SMILES string of the molecule is CCCCCCCCCC(CCCCCCCC(C)C)OC(=O)C1CCCC(C(=O)O)C1. The quantitative estimate of drug-likeness (QED) is 0.158. The number of hydrogen-bond acceptors (Lipinski definition) is 3. The van der Waals surface area contributed by atoms with Crippen molar-refractivity contribution in [2.24, 2.45) is 17.8 Å². The lowest BCUT2D eigenvalue weighted by Gasteiger charge is -2.27. The molecule has 4 nitrogen and oxygen atoms in total. The fourth-order valence-corrected chi connectivity index (χ4v) is 4.93.